The van der Waals surface area contributed by atoms with Gasteiger partial charge in [0.15, 0.2) is 5.84 Å². The molecular weight excluding hydrogens is 580 g/mol. The predicted molar refractivity (Wildman–Crippen MR) is 156 cm³/mol. The summed E-state index contributed by atoms with van der Waals surface area (Å²) in [5, 5.41) is 7.30. The molecule has 2 aromatic rings. The van der Waals surface area contributed by atoms with Crippen molar-refractivity contribution in [3.63, 3.8) is 0 Å². The minimum Gasteiger partial charge on any atom is -0.382 e. The first-order valence-electron chi connectivity index (χ1n) is 14.8. The van der Waals surface area contributed by atoms with Gasteiger partial charge in [-0.25, -0.2) is 9.38 Å². The quantitative estimate of drug-likeness (QED) is 0.157. The summed E-state index contributed by atoms with van der Waals surface area (Å²) in [7, 11) is 0. The molecule has 0 bridgehead atoms. The Bertz CT molecular complexity index is 1440. The van der Waals surface area contributed by atoms with E-state index in [1.807, 2.05) is 4.90 Å². The van der Waals surface area contributed by atoms with Crippen molar-refractivity contribution >= 4 is 11.7 Å². The summed E-state index contributed by atoms with van der Waals surface area (Å²) in [4.78, 5) is 22.0. The molecule has 4 heterocycles. The number of amides is 1. The van der Waals surface area contributed by atoms with Crippen molar-refractivity contribution < 1.29 is 31.6 Å². The maximum absolute atomic E-state index is 14.3. The summed E-state index contributed by atoms with van der Waals surface area (Å²) in [5.41, 5.74) is 8.24. The van der Waals surface area contributed by atoms with Crippen LogP contribution in [-0.2, 0) is 28.7 Å². The largest absolute Gasteiger partial charge is 0.416 e. The van der Waals surface area contributed by atoms with Gasteiger partial charge >= 0.3 is 6.18 Å². The van der Waals surface area contributed by atoms with E-state index in [-0.39, 0.29) is 48.4 Å². The van der Waals surface area contributed by atoms with Crippen molar-refractivity contribution in [2.24, 2.45) is 10.7 Å². The number of nitrogens with one attached hydrogen (secondary N) is 1. The van der Waals surface area contributed by atoms with E-state index in [0.717, 1.165) is 11.6 Å². The fourth-order valence-corrected chi connectivity index (χ4v) is 5.89. The topological polar surface area (TPSA) is 109 Å². The van der Waals surface area contributed by atoms with Crippen LogP contribution in [0, 0.1) is 6.92 Å². The van der Waals surface area contributed by atoms with Crippen LogP contribution in [0.15, 0.2) is 57.3 Å². The second kappa shape index (κ2) is 13.1. The molecule has 2 fully saturated rings. The fraction of sp³-hybridized carbons (Fsp3) is 0.516. The monoisotopic (exact) mass is 618 g/mol. The number of ether oxygens (including phenoxy) is 1. The number of aromatic nitrogens is 1. The molecule has 3 aliphatic rings. The minimum absolute atomic E-state index is 0.0128. The molecule has 1 aromatic heterocycles. The summed E-state index contributed by atoms with van der Waals surface area (Å²) in [5.74, 6) is 0.161. The highest BCUT2D eigenvalue weighted by Gasteiger charge is 2.34. The number of nitrogens with two attached hydrogens (primary N) is 1. The van der Waals surface area contributed by atoms with Crippen LogP contribution in [0.4, 0.5) is 17.6 Å². The number of hydrogen-bond acceptors (Lipinski definition) is 7. The highest BCUT2D eigenvalue weighted by atomic mass is 19.4. The smallest absolute Gasteiger partial charge is 0.382 e. The van der Waals surface area contributed by atoms with Crippen LogP contribution in [0.5, 0.6) is 0 Å². The molecule has 2 saturated heterocycles. The van der Waals surface area contributed by atoms with Crippen molar-refractivity contribution in [1.82, 2.24) is 20.3 Å². The Morgan fingerprint density at radius 3 is 2.55 bits per heavy atom. The Labute approximate surface area is 253 Å². The zero-order valence-electron chi connectivity index (χ0n) is 24.9. The molecule has 5 rings (SSSR count). The number of nitrogens with zero attached hydrogens (tertiary/aromatic N) is 4. The molecule has 238 valence electrons. The van der Waals surface area contributed by atoms with Crippen LogP contribution < -0.4 is 11.1 Å². The molecule has 3 N–H and O–H groups in total. The summed E-state index contributed by atoms with van der Waals surface area (Å²) in [6, 6.07) is 5.20. The van der Waals surface area contributed by atoms with E-state index in [2.05, 4.69) is 22.0 Å². The number of fused-ring (bicyclic) bond motifs is 1. The Morgan fingerprint density at radius 1 is 1.14 bits per heavy atom. The number of carbonyl (C=O) groups excluding carboxylic acids is 1. The molecule has 44 heavy (non-hydrogen) atoms. The average molecular weight is 619 g/mol. The zero-order chi connectivity index (χ0) is 31.6. The Balaban J connectivity index is 1.36. The van der Waals surface area contributed by atoms with Crippen molar-refractivity contribution in [3.8, 4) is 0 Å². The standard InChI is InChI=1S/C31H38F4N6O3/c1-18-14-27(39-44-18)29(36)38-28(30(42)40-11-7-24(8-12-40)37-26-9-13-43-17-25(26)32)19(2)20(3)41-10-6-21-4-5-23(31(33,34)35)15-22(21)16-41/h4-5,14-15,24-26,37H,3,6-13,16-17H2,1-2H3,(H2,36,38)/b28-19-/t25-,26+/m0/s1. The number of alkyl halides is 4. The minimum atomic E-state index is -4.45. The van der Waals surface area contributed by atoms with Crippen LogP contribution in [0.2, 0.25) is 0 Å². The number of aryl methyl sites for hydroxylation is 1. The number of likely N-dealkylation sites (tertiary alicyclic amines) is 1. The van der Waals surface area contributed by atoms with E-state index in [9.17, 15) is 22.4 Å². The summed E-state index contributed by atoms with van der Waals surface area (Å²) >= 11 is 0. The van der Waals surface area contributed by atoms with Crippen molar-refractivity contribution in [1.29, 1.82) is 0 Å². The molecule has 0 saturated carbocycles. The lowest BCUT2D eigenvalue weighted by Gasteiger charge is -2.37. The summed E-state index contributed by atoms with van der Waals surface area (Å²) < 4.78 is 64.8. The van der Waals surface area contributed by atoms with Gasteiger partial charge in [-0.3, -0.25) is 4.79 Å². The van der Waals surface area contributed by atoms with Gasteiger partial charge in [0.25, 0.3) is 5.91 Å². The van der Waals surface area contributed by atoms with E-state index >= 15 is 0 Å². The molecule has 0 aliphatic carbocycles. The van der Waals surface area contributed by atoms with Gasteiger partial charge in [0, 0.05) is 62.2 Å². The van der Waals surface area contributed by atoms with Crippen LogP contribution in [-0.4, -0.2) is 77.8 Å². The summed E-state index contributed by atoms with van der Waals surface area (Å²) in [6.45, 7) is 9.81. The molecule has 9 nitrogen and oxygen atoms in total. The molecular formula is C31H38F4N6O3. The number of allylic oxidation sites excluding steroid dienone is 1. The first-order chi connectivity index (χ1) is 20.9. The van der Waals surface area contributed by atoms with Gasteiger partial charge in [-0.2, -0.15) is 13.2 Å². The average Bonchev–Trinajstić information content (AvgIpc) is 3.45. The number of benzene rings is 1. The van der Waals surface area contributed by atoms with Gasteiger partial charge < -0.3 is 30.1 Å². The van der Waals surface area contributed by atoms with Gasteiger partial charge in [0.1, 0.15) is 23.3 Å². The van der Waals surface area contributed by atoms with Gasteiger partial charge in [0.05, 0.1) is 12.2 Å². The molecule has 0 spiro atoms. The zero-order valence-corrected chi connectivity index (χ0v) is 24.9. The third-order valence-electron chi connectivity index (χ3n) is 8.56. The first-order valence-corrected chi connectivity index (χ1v) is 14.8. The highest BCUT2D eigenvalue weighted by molar-refractivity contribution is 6.02. The number of amidine groups is 1. The fourth-order valence-electron chi connectivity index (χ4n) is 5.89. The van der Waals surface area contributed by atoms with Gasteiger partial charge in [-0.1, -0.05) is 17.8 Å². The number of carbonyl (C=O) groups is 1. The molecule has 13 heteroatoms. The van der Waals surface area contributed by atoms with Gasteiger partial charge in [0.2, 0.25) is 0 Å². The number of halogens is 4. The first kappa shape index (κ1) is 31.7. The normalized spacial score (nSPS) is 22.5. The van der Waals surface area contributed by atoms with E-state index in [1.165, 1.54) is 12.1 Å². The molecule has 2 atom stereocenters. The molecule has 0 radical (unpaired) electrons. The summed E-state index contributed by atoms with van der Waals surface area (Å²) in [6.07, 6.45) is -3.12. The third-order valence-corrected chi connectivity index (χ3v) is 8.56. The number of aliphatic imine (C=N–C) groups is 1. The van der Waals surface area contributed by atoms with Crippen LogP contribution in [0.1, 0.15) is 54.3 Å². The number of hydrogen-bond donors (Lipinski definition) is 2. The Morgan fingerprint density at radius 2 is 1.89 bits per heavy atom. The van der Waals surface area contributed by atoms with Crippen molar-refractivity contribution in [3.05, 3.63) is 76.0 Å². The highest BCUT2D eigenvalue weighted by Crippen LogP contribution is 2.33. The lowest BCUT2D eigenvalue weighted by atomic mass is 9.96. The lowest BCUT2D eigenvalue weighted by molar-refractivity contribution is -0.137. The third kappa shape index (κ3) is 7.15. The molecule has 1 aromatic carbocycles. The number of piperidine rings is 1. The molecule has 0 unspecified atom stereocenters. The van der Waals surface area contributed by atoms with E-state index in [0.29, 0.717) is 74.5 Å². The Hall–Kier alpha value is -3.71. The maximum atomic E-state index is 14.3. The van der Waals surface area contributed by atoms with Gasteiger partial charge in [-0.05, 0) is 62.8 Å². The van der Waals surface area contributed by atoms with Crippen LogP contribution in [0.25, 0.3) is 0 Å². The lowest BCUT2D eigenvalue weighted by Crippen LogP contribution is -2.52. The van der Waals surface area contributed by atoms with E-state index in [4.69, 9.17) is 15.0 Å². The van der Waals surface area contributed by atoms with Crippen molar-refractivity contribution in [2.75, 3.05) is 32.8 Å². The van der Waals surface area contributed by atoms with Crippen molar-refractivity contribution in [2.45, 2.75) is 70.5 Å². The van der Waals surface area contributed by atoms with Crippen LogP contribution >= 0.6 is 0 Å². The SMILES string of the molecule is C=C(/C(C)=C(\N=C(N)c1cc(C)on1)C(=O)N1CCC(N[C@@H]2CCOC[C@@H]2F)CC1)N1CCc2ccc(C(F)(F)F)cc2C1. The van der Waals surface area contributed by atoms with Crippen LogP contribution in [0.3, 0.4) is 0 Å². The predicted octanol–water partition coefficient (Wildman–Crippen LogP) is 4.26. The second-order valence-electron chi connectivity index (χ2n) is 11.6. The number of rotatable bonds is 7. The molecule has 1 amide bonds. The maximum Gasteiger partial charge on any atom is 0.416 e. The van der Waals surface area contributed by atoms with E-state index in [1.54, 1.807) is 24.8 Å². The van der Waals surface area contributed by atoms with E-state index < -0.39 is 17.9 Å². The van der Waals surface area contributed by atoms with Gasteiger partial charge in [-0.15, -0.1) is 0 Å². The second-order valence-corrected chi connectivity index (χ2v) is 11.6. The Kier molecular flexibility index (Phi) is 9.45. The molecule has 3 aliphatic heterocycles.